The van der Waals surface area contributed by atoms with Gasteiger partial charge >= 0.3 is 12.1 Å². The molecule has 2 aromatic heterocycles. The first-order valence-electron chi connectivity index (χ1n) is 13.4. The number of benzene rings is 1. The Balaban J connectivity index is 1.39. The molecule has 4 heterocycles. The minimum Gasteiger partial charge on any atom is -0.444 e. The molecule has 3 aromatic rings. The average Bonchev–Trinajstić information content (AvgIpc) is 3.42. The lowest BCUT2D eigenvalue weighted by molar-refractivity contribution is -0.125. The van der Waals surface area contributed by atoms with E-state index in [9.17, 15) is 14.4 Å². The van der Waals surface area contributed by atoms with E-state index in [-0.39, 0.29) is 17.9 Å². The molecule has 0 radical (unpaired) electrons. The summed E-state index contributed by atoms with van der Waals surface area (Å²) in [4.78, 5) is 51.5. The van der Waals surface area contributed by atoms with E-state index in [0.717, 1.165) is 20.9 Å². The number of aromatic nitrogens is 2. The van der Waals surface area contributed by atoms with Crippen LogP contribution in [0.25, 0.3) is 10.6 Å². The van der Waals surface area contributed by atoms with Crippen molar-refractivity contribution in [2.45, 2.75) is 58.2 Å². The van der Waals surface area contributed by atoms with E-state index in [1.165, 1.54) is 4.90 Å². The van der Waals surface area contributed by atoms with Gasteiger partial charge in [0.1, 0.15) is 16.8 Å². The van der Waals surface area contributed by atoms with Gasteiger partial charge in [-0.25, -0.2) is 19.6 Å². The van der Waals surface area contributed by atoms with Crippen LogP contribution in [0.5, 0.6) is 0 Å². The summed E-state index contributed by atoms with van der Waals surface area (Å²) in [6.45, 7) is 10.5. The average molecular weight is 597 g/mol. The Kier molecular flexibility index (Phi) is 7.69. The number of hydrogen-bond donors (Lipinski definition) is 2. The van der Waals surface area contributed by atoms with Crippen molar-refractivity contribution in [3.05, 3.63) is 63.6 Å². The van der Waals surface area contributed by atoms with Crippen molar-refractivity contribution in [3.63, 3.8) is 0 Å². The molecule has 1 fully saturated rings. The molecule has 1 unspecified atom stereocenters. The Morgan fingerprint density at radius 1 is 1.24 bits per heavy atom. The molecule has 2 aliphatic rings. The summed E-state index contributed by atoms with van der Waals surface area (Å²) in [5.74, 6) is 0.00447. The molecule has 4 amide bonds. The number of hydrogen-bond acceptors (Lipinski definition) is 8. The molecule has 10 nitrogen and oxygen atoms in total. The van der Waals surface area contributed by atoms with Gasteiger partial charge in [-0.3, -0.25) is 10.1 Å². The van der Waals surface area contributed by atoms with Crippen molar-refractivity contribution < 1.29 is 19.1 Å². The van der Waals surface area contributed by atoms with E-state index in [1.54, 1.807) is 36.3 Å². The van der Waals surface area contributed by atoms with E-state index >= 15 is 0 Å². The number of urea groups is 1. The number of carbonyl (C=O) groups excluding carboxylic acids is 3. The van der Waals surface area contributed by atoms with Gasteiger partial charge in [-0.1, -0.05) is 41.9 Å². The Morgan fingerprint density at radius 2 is 1.98 bits per heavy atom. The molecule has 0 saturated carbocycles. The Hall–Kier alpha value is -3.70. The van der Waals surface area contributed by atoms with Gasteiger partial charge in [0.25, 0.3) is 5.91 Å². The number of carbonyl (C=O) groups is 3. The lowest BCUT2D eigenvalue weighted by Crippen LogP contribution is -2.46. The van der Waals surface area contributed by atoms with E-state index in [1.807, 2.05) is 45.0 Å². The molecule has 1 atom stereocenters. The van der Waals surface area contributed by atoms with Crippen molar-refractivity contribution in [3.8, 4) is 10.6 Å². The van der Waals surface area contributed by atoms with Crippen LogP contribution >= 0.6 is 22.9 Å². The van der Waals surface area contributed by atoms with Gasteiger partial charge in [0.2, 0.25) is 5.95 Å². The zero-order valence-electron chi connectivity index (χ0n) is 23.7. The number of halogens is 1. The van der Waals surface area contributed by atoms with Gasteiger partial charge < -0.3 is 19.9 Å². The molecule has 2 aliphatic heterocycles. The fourth-order valence-corrected chi connectivity index (χ4v) is 6.49. The summed E-state index contributed by atoms with van der Waals surface area (Å²) in [6, 6.07) is 11.7. The molecule has 1 aromatic carbocycles. The third-order valence-electron chi connectivity index (χ3n) is 7.07. The maximum atomic E-state index is 13.1. The molecule has 0 spiro atoms. The van der Waals surface area contributed by atoms with Crippen molar-refractivity contribution in [2.75, 3.05) is 25.0 Å². The molecule has 12 heteroatoms. The van der Waals surface area contributed by atoms with Crippen LogP contribution in [-0.2, 0) is 16.1 Å². The van der Waals surface area contributed by atoms with Crippen molar-refractivity contribution in [1.82, 2.24) is 25.1 Å². The van der Waals surface area contributed by atoms with Crippen molar-refractivity contribution in [1.29, 1.82) is 0 Å². The molecule has 41 heavy (non-hydrogen) atoms. The first-order chi connectivity index (χ1) is 19.3. The Bertz CT molecular complexity index is 1490. The van der Waals surface area contributed by atoms with Crippen LogP contribution in [0.4, 0.5) is 15.5 Å². The second kappa shape index (κ2) is 10.9. The summed E-state index contributed by atoms with van der Waals surface area (Å²) in [6.07, 6.45) is 1.20. The van der Waals surface area contributed by atoms with E-state index in [4.69, 9.17) is 16.3 Å². The maximum Gasteiger partial charge on any atom is 0.410 e. The number of fused-ring (bicyclic) bond motifs is 1. The lowest BCUT2D eigenvalue weighted by Gasteiger charge is -2.34. The van der Waals surface area contributed by atoms with Gasteiger partial charge in [0, 0.05) is 30.4 Å². The topological polar surface area (TPSA) is 117 Å². The smallest absolute Gasteiger partial charge is 0.410 e. The van der Waals surface area contributed by atoms with Crippen LogP contribution in [0, 0.1) is 0 Å². The van der Waals surface area contributed by atoms with E-state index in [0.29, 0.717) is 42.8 Å². The van der Waals surface area contributed by atoms with Crippen LogP contribution in [0.15, 0.2) is 42.6 Å². The SMILES string of the molecule is CC(C)(C)OC(=O)N1Cc2cc(-c3nc(NCCN4C(=O)NC(=O)C4(C)C)ncc3Cl)sc2C(c2ccccc2)C1. The number of ether oxygens (including phenoxy) is 1. The van der Waals surface area contributed by atoms with E-state index in [2.05, 4.69) is 32.7 Å². The maximum absolute atomic E-state index is 13.1. The second-order valence-corrected chi connectivity index (χ2v) is 13.1. The van der Waals surface area contributed by atoms with Crippen LogP contribution in [0.2, 0.25) is 5.02 Å². The molecule has 5 rings (SSSR count). The summed E-state index contributed by atoms with van der Waals surface area (Å²) in [7, 11) is 0. The molecule has 216 valence electrons. The summed E-state index contributed by atoms with van der Waals surface area (Å²) >= 11 is 8.19. The number of amides is 4. The molecule has 0 aliphatic carbocycles. The highest BCUT2D eigenvalue weighted by Gasteiger charge is 2.45. The summed E-state index contributed by atoms with van der Waals surface area (Å²) in [5, 5.41) is 5.89. The van der Waals surface area contributed by atoms with Crippen molar-refractivity contribution >= 4 is 46.9 Å². The number of rotatable bonds is 6. The second-order valence-electron chi connectivity index (χ2n) is 11.6. The molecule has 1 saturated heterocycles. The number of nitrogens with zero attached hydrogens (tertiary/aromatic N) is 4. The van der Waals surface area contributed by atoms with Gasteiger partial charge in [-0.2, -0.15) is 0 Å². The first kappa shape index (κ1) is 28.8. The van der Waals surface area contributed by atoms with Crippen molar-refractivity contribution in [2.24, 2.45) is 0 Å². The summed E-state index contributed by atoms with van der Waals surface area (Å²) in [5.41, 5.74) is 1.18. The minimum atomic E-state index is -0.927. The third-order valence-corrected chi connectivity index (χ3v) is 8.64. The van der Waals surface area contributed by atoms with Gasteiger partial charge in [0.15, 0.2) is 0 Å². The number of imide groups is 1. The summed E-state index contributed by atoms with van der Waals surface area (Å²) < 4.78 is 5.70. The lowest BCUT2D eigenvalue weighted by atomic mass is 9.91. The molecular weight excluding hydrogens is 564 g/mol. The highest BCUT2D eigenvalue weighted by Crippen LogP contribution is 2.43. The third kappa shape index (κ3) is 6.01. The molecule has 2 N–H and O–H groups in total. The Labute approximate surface area is 248 Å². The van der Waals surface area contributed by atoms with Gasteiger partial charge in [-0.15, -0.1) is 11.3 Å². The van der Waals surface area contributed by atoms with Crippen LogP contribution < -0.4 is 10.6 Å². The highest BCUT2D eigenvalue weighted by atomic mass is 35.5. The number of nitrogens with one attached hydrogen (secondary N) is 2. The fourth-order valence-electron chi connectivity index (χ4n) is 4.94. The zero-order chi connectivity index (χ0) is 29.5. The monoisotopic (exact) mass is 596 g/mol. The largest absolute Gasteiger partial charge is 0.444 e. The van der Waals surface area contributed by atoms with Crippen LogP contribution in [-0.4, -0.2) is 68.6 Å². The molecule has 0 bridgehead atoms. The van der Waals surface area contributed by atoms with Crippen LogP contribution in [0.3, 0.4) is 0 Å². The first-order valence-corrected chi connectivity index (χ1v) is 14.6. The molecular formula is C29H33ClN6O4S. The zero-order valence-corrected chi connectivity index (χ0v) is 25.2. The quantitative estimate of drug-likeness (QED) is 0.362. The van der Waals surface area contributed by atoms with Gasteiger partial charge in [0.05, 0.1) is 22.6 Å². The Morgan fingerprint density at radius 3 is 2.63 bits per heavy atom. The van der Waals surface area contributed by atoms with Crippen LogP contribution in [0.1, 0.15) is 56.5 Å². The fraction of sp³-hybridized carbons (Fsp3) is 0.414. The standard InChI is InChI=1S/C29H33ClN6O4S/c1-28(2,3)40-27(39)35-15-18-13-21(41-23(18)19(16-35)17-9-7-6-8-10-17)22-20(30)14-32-25(33-22)31-11-12-36-26(38)34-24(37)29(36,4)5/h6-10,13-14,19H,11-12,15-16H2,1-5H3,(H,31,32,33)(H,34,37,38). The predicted molar refractivity (Wildman–Crippen MR) is 158 cm³/mol. The number of anilines is 1. The normalized spacial score (nSPS) is 18.2. The predicted octanol–water partition coefficient (Wildman–Crippen LogP) is 5.48. The highest BCUT2D eigenvalue weighted by molar-refractivity contribution is 7.15. The van der Waals surface area contributed by atoms with E-state index < -0.39 is 17.2 Å². The number of thiophene rings is 1. The van der Waals surface area contributed by atoms with Gasteiger partial charge in [-0.05, 0) is 51.8 Å². The minimum absolute atomic E-state index is 0.0258.